The maximum absolute atomic E-state index is 13.4. The Bertz CT molecular complexity index is 1330. The number of nitrogen functional groups attached to an aromatic ring is 1. The van der Waals surface area contributed by atoms with Gasteiger partial charge in [-0.1, -0.05) is 42.5 Å². The van der Waals surface area contributed by atoms with Crippen molar-refractivity contribution in [1.82, 2.24) is 9.88 Å². The first-order valence-corrected chi connectivity index (χ1v) is 11.0. The lowest BCUT2D eigenvalue weighted by atomic mass is 9.92. The first-order valence-electron chi connectivity index (χ1n) is 11.0. The zero-order chi connectivity index (χ0) is 22.2. The molecule has 0 saturated heterocycles. The Morgan fingerprint density at radius 1 is 0.906 bits per heavy atom. The van der Waals surface area contributed by atoms with Crippen molar-refractivity contribution < 1.29 is 4.79 Å². The lowest BCUT2D eigenvalue weighted by molar-refractivity contribution is 0.0919. The summed E-state index contributed by atoms with van der Waals surface area (Å²) in [5, 5.41) is 14.2. The first-order chi connectivity index (χ1) is 15.5. The normalized spacial score (nSPS) is 18.7. The lowest BCUT2D eigenvalue weighted by Gasteiger charge is -2.27. The summed E-state index contributed by atoms with van der Waals surface area (Å²) in [5.74, 6) is -0.0955. The molecule has 1 aromatic heterocycles. The van der Waals surface area contributed by atoms with Crippen LogP contribution in [0.1, 0.15) is 41.7 Å². The van der Waals surface area contributed by atoms with E-state index in [9.17, 15) is 4.79 Å². The van der Waals surface area contributed by atoms with Crippen LogP contribution in [-0.4, -0.2) is 28.4 Å². The molecule has 32 heavy (non-hydrogen) atoms. The monoisotopic (exact) mass is 425 g/mol. The zero-order valence-corrected chi connectivity index (χ0v) is 17.8. The van der Waals surface area contributed by atoms with E-state index in [1.807, 2.05) is 47.0 Å². The van der Waals surface area contributed by atoms with E-state index in [4.69, 9.17) is 16.9 Å². The Kier molecular flexibility index (Phi) is 5.15. The molecule has 3 aromatic carbocycles. The number of benzene rings is 3. The van der Waals surface area contributed by atoms with Crippen LogP contribution in [0.15, 0.2) is 66.7 Å². The Balaban J connectivity index is 1.62. The molecule has 0 atom stereocenters. The van der Waals surface area contributed by atoms with Crippen LogP contribution in [0.3, 0.4) is 0 Å². The van der Waals surface area contributed by atoms with E-state index in [1.165, 1.54) is 0 Å². The molecule has 0 unspecified atom stereocenters. The Morgan fingerprint density at radius 3 is 2.38 bits per heavy atom. The highest BCUT2D eigenvalue weighted by molar-refractivity contribution is 6.03. The molecule has 1 amide bonds. The van der Waals surface area contributed by atoms with E-state index in [0.717, 1.165) is 53.0 Å². The van der Waals surface area contributed by atoms with Crippen molar-refractivity contribution in [3.63, 3.8) is 0 Å². The molecule has 0 radical (unpaired) electrons. The van der Waals surface area contributed by atoms with Crippen molar-refractivity contribution in [1.29, 1.82) is 5.41 Å². The van der Waals surface area contributed by atoms with Crippen LogP contribution >= 0.6 is 0 Å². The van der Waals surface area contributed by atoms with Gasteiger partial charge < -0.3 is 21.4 Å². The molecule has 162 valence electrons. The van der Waals surface area contributed by atoms with Crippen molar-refractivity contribution in [3.8, 4) is 5.69 Å². The average molecular weight is 426 g/mol. The number of aromatic nitrogens is 1. The highest BCUT2D eigenvalue weighted by Crippen LogP contribution is 2.28. The van der Waals surface area contributed by atoms with Gasteiger partial charge in [0.25, 0.3) is 5.91 Å². The van der Waals surface area contributed by atoms with Gasteiger partial charge in [0.05, 0.1) is 5.52 Å². The topological polar surface area (TPSA) is 110 Å². The molecule has 1 heterocycles. The minimum Gasteiger partial charge on any atom is -0.384 e. The Labute approximate surface area is 186 Å². The number of fused-ring (bicyclic) bond motifs is 2. The summed E-state index contributed by atoms with van der Waals surface area (Å²) in [6.45, 7) is 0. The van der Waals surface area contributed by atoms with Crippen molar-refractivity contribution in [2.45, 2.75) is 37.8 Å². The van der Waals surface area contributed by atoms with Crippen LogP contribution in [0.5, 0.6) is 0 Å². The number of amides is 1. The second-order valence-corrected chi connectivity index (χ2v) is 8.67. The summed E-state index contributed by atoms with van der Waals surface area (Å²) in [6.07, 6.45) is 3.66. The number of nitrogens with one attached hydrogen (secondary N) is 2. The summed E-state index contributed by atoms with van der Waals surface area (Å²) in [7, 11) is 0. The number of hydrogen-bond acceptors (Lipinski definition) is 3. The number of nitrogens with two attached hydrogens (primary N) is 2. The summed E-state index contributed by atoms with van der Waals surface area (Å²) >= 11 is 0. The highest BCUT2D eigenvalue weighted by Gasteiger charge is 2.23. The van der Waals surface area contributed by atoms with Crippen LogP contribution in [0.4, 0.5) is 0 Å². The minimum absolute atomic E-state index is 0.00251. The quantitative estimate of drug-likeness (QED) is 0.292. The van der Waals surface area contributed by atoms with Gasteiger partial charge in [-0.25, -0.2) is 0 Å². The smallest absolute Gasteiger partial charge is 0.268 e. The third kappa shape index (κ3) is 3.74. The summed E-state index contributed by atoms with van der Waals surface area (Å²) < 4.78 is 1.97. The van der Waals surface area contributed by atoms with Gasteiger partial charge in [0, 0.05) is 28.7 Å². The van der Waals surface area contributed by atoms with Crippen LogP contribution in [0.25, 0.3) is 27.4 Å². The number of rotatable bonds is 4. The number of nitrogens with zero attached hydrogens (tertiary/aromatic N) is 1. The number of amidine groups is 1. The fourth-order valence-electron chi connectivity index (χ4n) is 4.65. The van der Waals surface area contributed by atoms with Crippen molar-refractivity contribution in [3.05, 3.63) is 78.0 Å². The standard InChI is InChI=1S/C26H27N5O/c27-20-8-10-21(11-9-20)30-26(32)24-14-18-5-6-19(25(28)29)15-23(18)31(24)22-12-7-16-3-1-2-4-17(16)13-22/h1-7,12-15,20-21H,8-11,27H2,(H3,28,29)(H,30,32)/t20-,21-. The minimum atomic E-state index is -0.0980. The van der Waals surface area contributed by atoms with E-state index in [-0.39, 0.29) is 23.8 Å². The van der Waals surface area contributed by atoms with Gasteiger partial charge in [-0.15, -0.1) is 0 Å². The van der Waals surface area contributed by atoms with Gasteiger partial charge in [0.2, 0.25) is 0 Å². The van der Waals surface area contributed by atoms with Gasteiger partial charge >= 0.3 is 0 Å². The summed E-state index contributed by atoms with van der Waals surface area (Å²) in [6, 6.07) is 22.2. The maximum atomic E-state index is 13.4. The third-order valence-corrected chi connectivity index (χ3v) is 6.45. The second kappa shape index (κ2) is 8.13. The van der Waals surface area contributed by atoms with Crippen molar-refractivity contribution >= 4 is 33.4 Å². The Hall–Kier alpha value is -3.64. The van der Waals surface area contributed by atoms with Crippen LogP contribution in [0, 0.1) is 5.41 Å². The second-order valence-electron chi connectivity index (χ2n) is 8.67. The largest absolute Gasteiger partial charge is 0.384 e. The maximum Gasteiger partial charge on any atom is 0.268 e. The summed E-state index contributed by atoms with van der Waals surface area (Å²) in [5.41, 5.74) is 14.7. The fraction of sp³-hybridized carbons (Fsp3) is 0.231. The highest BCUT2D eigenvalue weighted by atomic mass is 16.2. The Morgan fingerprint density at radius 2 is 1.62 bits per heavy atom. The third-order valence-electron chi connectivity index (χ3n) is 6.45. The predicted octanol–water partition coefficient (Wildman–Crippen LogP) is 4.07. The van der Waals surface area contributed by atoms with E-state index in [0.29, 0.717) is 11.3 Å². The van der Waals surface area contributed by atoms with Crippen LogP contribution in [0.2, 0.25) is 0 Å². The molecule has 1 saturated carbocycles. The molecule has 1 fully saturated rings. The number of carbonyl (C=O) groups excluding carboxylic acids is 1. The van der Waals surface area contributed by atoms with E-state index >= 15 is 0 Å². The van der Waals surface area contributed by atoms with Gasteiger partial charge in [0.1, 0.15) is 11.5 Å². The lowest BCUT2D eigenvalue weighted by Crippen LogP contribution is -2.41. The molecule has 6 nitrogen and oxygen atoms in total. The van der Waals surface area contributed by atoms with Crippen molar-refractivity contribution in [2.75, 3.05) is 0 Å². The van der Waals surface area contributed by atoms with E-state index in [2.05, 4.69) is 29.6 Å². The van der Waals surface area contributed by atoms with Crippen LogP contribution in [-0.2, 0) is 0 Å². The molecular formula is C26H27N5O. The van der Waals surface area contributed by atoms with Gasteiger partial charge in [-0.05, 0) is 60.7 Å². The van der Waals surface area contributed by atoms with Gasteiger partial charge in [-0.3, -0.25) is 10.2 Å². The molecular weight excluding hydrogens is 398 g/mol. The van der Waals surface area contributed by atoms with Crippen molar-refractivity contribution in [2.24, 2.45) is 11.5 Å². The van der Waals surface area contributed by atoms with E-state index < -0.39 is 0 Å². The molecule has 0 aliphatic heterocycles. The molecule has 1 aliphatic carbocycles. The fourth-order valence-corrected chi connectivity index (χ4v) is 4.65. The van der Waals surface area contributed by atoms with E-state index in [1.54, 1.807) is 0 Å². The molecule has 4 aromatic rings. The SMILES string of the molecule is N=C(N)c1ccc2cc(C(=O)N[C@H]3CC[C@H](N)CC3)n(-c3ccc4ccccc4c3)c2c1. The molecule has 0 bridgehead atoms. The van der Waals surface area contributed by atoms with Crippen LogP contribution < -0.4 is 16.8 Å². The van der Waals surface area contributed by atoms with Gasteiger partial charge in [-0.2, -0.15) is 0 Å². The molecule has 6 heteroatoms. The first kappa shape index (κ1) is 20.3. The predicted molar refractivity (Wildman–Crippen MR) is 129 cm³/mol. The molecule has 6 N–H and O–H groups in total. The molecule has 5 rings (SSSR count). The number of hydrogen-bond donors (Lipinski definition) is 4. The number of carbonyl (C=O) groups is 1. The molecule has 0 spiro atoms. The van der Waals surface area contributed by atoms with Gasteiger partial charge in [0.15, 0.2) is 0 Å². The summed E-state index contributed by atoms with van der Waals surface area (Å²) in [4.78, 5) is 13.4. The average Bonchev–Trinajstić information content (AvgIpc) is 3.19. The molecule has 1 aliphatic rings. The zero-order valence-electron chi connectivity index (χ0n) is 17.8.